The van der Waals surface area contributed by atoms with E-state index >= 15 is 0 Å². The van der Waals surface area contributed by atoms with Crippen LogP contribution in [0.3, 0.4) is 0 Å². The first kappa shape index (κ1) is 30.5. The van der Waals surface area contributed by atoms with E-state index in [4.69, 9.17) is 0 Å². The van der Waals surface area contributed by atoms with Gasteiger partial charge in [0.25, 0.3) is 0 Å². The summed E-state index contributed by atoms with van der Waals surface area (Å²) in [7, 11) is -3.21. The average Bonchev–Trinajstić information content (AvgIpc) is 3.51. The summed E-state index contributed by atoms with van der Waals surface area (Å²) in [6.07, 6.45) is 17.7. The lowest BCUT2D eigenvalue weighted by atomic mass is 9.42. The van der Waals surface area contributed by atoms with E-state index in [9.17, 15) is 13.5 Å². The quantitative estimate of drug-likeness (QED) is 0.310. The van der Waals surface area contributed by atoms with Crippen LogP contribution in [0.25, 0.3) is 0 Å². The SMILES string of the molecule is CC(C)CCC[C@@H](C)[C@H]1CC[C@H]2[C@@H]3C[C@@H](NCCc4c[nH]cn4)[C@@]4(O)CC(S(C)(=O)=O)CC[C@]4(C)[C@H]3CC[C@]12C. The molecule has 0 aliphatic heterocycles. The molecular weight excluding hydrogens is 518 g/mol. The van der Waals surface area contributed by atoms with Crippen molar-refractivity contribution >= 4 is 9.84 Å². The number of sulfone groups is 1. The van der Waals surface area contributed by atoms with E-state index in [1.165, 1.54) is 51.2 Å². The first-order chi connectivity index (χ1) is 18.8. The number of hydrogen-bond donors (Lipinski definition) is 3. The van der Waals surface area contributed by atoms with Crippen molar-refractivity contribution in [3.05, 3.63) is 18.2 Å². The third-order valence-corrected chi connectivity index (χ3v) is 14.6. The van der Waals surface area contributed by atoms with Crippen LogP contribution in [0.4, 0.5) is 0 Å². The Morgan fingerprint density at radius 1 is 1.10 bits per heavy atom. The van der Waals surface area contributed by atoms with Gasteiger partial charge in [0, 0.05) is 36.9 Å². The zero-order chi connectivity index (χ0) is 28.9. The third-order valence-electron chi connectivity index (χ3n) is 13.0. The molecule has 0 spiro atoms. The van der Waals surface area contributed by atoms with Crippen LogP contribution in [0, 0.1) is 46.3 Å². The number of aliphatic hydroxyl groups is 1. The zero-order valence-electron chi connectivity index (χ0n) is 26.1. The summed E-state index contributed by atoms with van der Waals surface area (Å²) in [5, 5.41) is 16.0. The van der Waals surface area contributed by atoms with Crippen molar-refractivity contribution in [1.29, 1.82) is 0 Å². The van der Waals surface area contributed by atoms with E-state index in [0.717, 1.165) is 49.3 Å². The van der Waals surface area contributed by atoms with Gasteiger partial charge in [-0.2, -0.15) is 0 Å². The number of aromatic amines is 1. The van der Waals surface area contributed by atoms with Crippen molar-refractivity contribution in [2.75, 3.05) is 12.8 Å². The molecule has 4 fully saturated rings. The Bertz CT molecular complexity index is 1110. The monoisotopic (exact) mass is 575 g/mol. The Morgan fingerprint density at radius 2 is 1.88 bits per heavy atom. The van der Waals surface area contributed by atoms with Gasteiger partial charge in [0.1, 0.15) is 9.84 Å². The molecule has 4 saturated carbocycles. The second kappa shape index (κ2) is 11.3. The minimum absolute atomic E-state index is 0.0906. The molecule has 1 unspecified atom stereocenters. The fraction of sp³-hybridized carbons (Fsp3) is 0.909. The molecule has 0 saturated heterocycles. The van der Waals surface area contributed by atoms with Crippen molar-refractivity contribution < 1.29 is 13.5 Å². The molecule has 0 radical (unpaired) electrons. The number of fused-ring (bicyclic) bond motifs is 5. The number of aromatic nitrogens is 2. The number of nitrogens with zero attached hydrogens (tertiary/aromatic N) is 1. The van der Waals surface area contributed by atoms with Gasteiger partial charge >= 0.3 is 0 Å². The molecule has 0 aromatic carbocycles. The first-order valence-corrected chi connectivity index (χ1v) is 18.4. The van der Waals surface area contributed by atoms with Crippen molar-refractivity contribution in [2.24, 2.45) is 46.3 Å². The highest BCUT2D eigenvalue weighted by molar-refractivity contribution is 7.91. The molecule has 6 nitrogen and oxygen atoms in total. The van der Waals surface area contributed by atoms with E-state index in [-0.39, 0.29) is 11.5 Å². The second-order valence-corrected chi connectivity index (χ2v) is 17.8. The van der Waals surface area contributed by atoms with Crippen molar-refractivity contribution in [2.45, 2.75) is 129 Å². The fourth-order valence-electron chi connectivity index (χ4n) is 10.7. The van der Waals surface area contributed by atoms with Crippen LogP contribution in [0.2, 0.25) is 0 Å². The normalized spacial score (nSPS) is 42.3. The Labute approximate surface area is 244 Å². The van der Waals surface area contributed by atoms with E-state index in [1.807, 2.05) is 6.20 Å². The summed E-state index contributed by atoms with van der Waals surface area (Å²) in [5.41, 5.74) is 0.127. The van der Waals surface area contributed by atoms with E-state index in [0.29, 0.717) is 36.0 Å². The van der Waals surface area contributed by atoms with Gasteiger partial charge in [-0.1, -0.05) is 53.9 Å². The summed E-state index contributed by atoms with van der Waals surface area (Å²) < 4.78 is 25.5. The van der Waals surface area contributed by atoms with Crippen LogP contribution in [0.5, 0.6) is 0 Å². The molecule has 4 aliphatic rings. The zero-order valence-corrected chi connectivity index (χ0v) is 26.9. The van der Waals surface area contributed by atoms with E-state index < -0.39 is 20.7 Å². The Kier molecular flexibility index (Phi) is 8.62. The van der Waals surface area contributed by atoms with Gasteiger partial charge in [-0.25, -0.2) is 13.4 Å². The predicted molar refractivity (Wildman–Crippen MR) is 163 cm³/mol. The molecule has 7 heteroatoms. The fourth-order valence-corrected chi connectivity index (χ4v) is 11.8. The Hall–Kier alpha value is -0.920. The van der Waals surface area contributed by atoms with Crippen LogP contribution >= 0.6 is 0 Å². The smallest absolute Gasteiger partial charge is 0.150 e. The molecule has 40 heavy (non-hydrogen) atoms. The van der Waals surface area contributed by atoms with Crippen LogP contribution in [0.15, 0.2) is 12.5 Å². The second-order valence-electron chi connectivity index (χ2n) is 15.5. The van der Waals surface area contributed by atoms with Crippen LogP contribution in [-0.4, -0.2) is 53.2 Å². The van der Waals surface area contributed by atoms with Gasteiger partial charge in [-0.3, -0.25) is 0 Å². The minimum atomic E-state index is -3.21. The first-order valence-electron chi connectivity index (χ1n) is 16.4. The van der Waals surface area contributed by atoms with Gasteiger partial charge in [0.2, 0.25) is 0 Å². The molecular formula is C33H57N3O3S. The van der Waals surface area contributed by atoms with Crippen LogP contribution < -0.4 is 5.32 Å². The molecule has 0 bridgehead atoms. The third kappa shape index (κ3) is 5.34. The highest BCUT2D eigenvalue weighted by Crippen LogP contribution is 2.69. The lowest BCUT2D eigenvalue weighted by Crippen LogP contribution is -2.72. The van der Waals surface area contributed by atoms with E-state index in [2.05, 4.69) is 49.9 Å². The molecule has 5 rings (SSSR count). The molecule has 0 amide bonds. The average molecular weight is 576 g/mol. The summed E-state index contributed by atoms with van der Waals surface area (Å²) in [4.78, 5) is 7.43. The van der Waals surface area contributed by atoms with Gasteiger partial charge in [0.15, 0.2) is 0 Å². The number of imidazole rings is 1. The van der Waals surface area contributed by atoms with Crippen molar-refractivity contribution in [3.63, 3.8) is 0 Å². The number of nitrogens with one attached hydrogen (secondary N) is 2. The molecule has 1 aromatic rings. The van der Waals surface area contributed by atoms with Gasteiger partial charge in [-0.15, -0.1) is 0 Å². The van der Waals surface area contributed by atoms with E-state index in [1.54, 1.807) is 6.33 Å². The summed E-state index contributed by atoms with van der Waals surface area (Å²) in [5.74, 6) is 4.12. The lowest BCUT2D eigenvalue weighted by Gasteiger charge is -2.66. The number of hydrogen-bond acceptors (Lipinski definition) is 5. The highest BCUT2D eigenvalue weighted by Gasteiger charge is 2.68. The molecule has 3 N–H and O–H groups in total. The largest absolute Gasteiger partial charge is 0.388 e. The molecule has 1 aromatic heterocycles. The maximum Gasteiger partial charge on any atom is 0.150 e. The van der Waals surface area contributed by atoms with Crippen LogP contribution in [0.1, 0.15) is 111 Å². The minimum Gasteiger partial charge on any atom is -0.388 e. The Morgan fingerprint density at radius 3 is 2.55 bits per heavy atom. The summed E-state index contributed by atoms with van der Waals surface area (Å²) >= 11 is 0. The topological polar surface area (TPSA) is 95.1 Å². The molecule has 1 heterocycles. The highest BCUT2D eigenvalue weighted by atomic mass is 32.2. The molecule has 10 atom stereocenters. The van der Waals surface area contributed by atoms with Gasteiger partial charge in [-0.05, 0) is 92.3 Å². The maximum atomic E-state index is 12.7. The summed E-state index contributed by atoms with van der Waals surface area (Å²) in [6.45, 7) is 12.9. The standard InChI is InChI=1S/C33H57N3O3S/c1-22(2)8-7-9-23(3)27-10-11-28-26-18-30(35-17-14-24-20-34-21-36-24)33(37)19-25(40(6,38)39)12-16-32(33,5)29(26)13-15-31(27,28)4/h20-23,25-30,35,37H,7-19H2,1-6H3,(H,34,36)/t23-,25?,26+,27-,28+,29+,30-,31-,32-,33+/m1/s1. The van der Waals surface area contributed by atoms with Gasteiger partial charge in [0.05, 0.1) is 22.9 Å². The maximum absolute atomic E-state index is 12.7. The van der Waals surface area contributed by atoms with Gasteiger partial charge < -0.3 is 15.4 Å². The van der Waals surface area contributed by atoms with Crippen LogP contribution in [-0.2, 0) is 16.3 Å². The number of rotatable bonds is 10. The lowest BCUT2D eigenvalue weighted by molar-refractivity contribution is -0.219. The molecule has 4 aliphatic carbocycles. The Balaban J connectivity index is 1.39. The van der Waals surface area contributed by atoms with Crippen molar-refractivity contribution in [3.8, 4) is 0 Å². The predicted octanol–water partition coefficient (Wildman–Crippen LogP) is 6.17. The molecule has 228 valence electrons. The number of H-pyrrole nitrogens is 1. The van der Waals surface area contributed by atoms with Crippen molar-refractivity contribution in [1.82, 2.24) is 15.3 Å². The summed E-state index contributed by atoms with van der Waals surface area (Å²) in [6, 6.07) is -0.0906.